The minimum atomic E-state index is -0.0308. The molecule has 0 aliphatic carbocycles. The number of rotatable bonds is 5. The Bertz CT molecular complexity index is 748. The van der Waals surface area contributed by atoms with Gasteiger partial charge in [0, 0.05) is 31.2 Å². The fraction of sp³-hybridized carbons (Fsp3) is 0.476. The van der Waals surface area contributed by atoms with Gasteiger partial charge in [-0.05, 0) is 49.7 Å². The lowest BCUT2D eigenvalue weighted by atomic mass is 9.67. The first-order valence-electron chi connectivity index (χ1n) is 9.35. The Morgan fingerprint density at radius 2 is 1.96 bits per heavy atom. The number of hydrogen-bond donors (Lipinski definition) is 0. The minimum absolute atomic E-state index is 0.0308. The number of hydrogen-bond acceptors (Lipinski definition) is 4. The summed E-state index contributed by atoms with van der Waals surface area (Å²) in [5.41, 5.74) is 2.37. The van der Waals surface area contributed by atoms with Gasteiger partial charge in [-0.3, -0.25) is 9.69 Å². The average Bonchev–Trinajstić information content (AvgIpc) is 3.17. The first-order chi connectivity index (χ1) is 12.7. The van der Waals surface area contributed by atoms with Gasteiger partial charge in [0.1, 0.15) is 5.76 Å². The maximum Gasteiger partial charge on any atom is 0.227 e. The van der Waals surface area contributed by atoms with Crippen LogP contribution in [0.2, 0.25) is 0 Å². The zero-order valence-corrected chi connectivity index (χ0v) is 15.3. The molecular weight excluding hydrogens is 328 g/mol. The highest BCUT2D eigenvalue weighted by Gasteiger charge is 2.44. The smallest absolute Gasteiger partial charge is 0.227 e. The van der Waals surface area contributed by atoms with Crippen molar-refractivity contribution in [2.75, 3.05) is 38.3 Å². The summed E-state index contributed by atoms with van der Waals surface area (Å²) >= 11 is 0. The van der Waals surface area contributed by atoms with E-state index < -0.39 is 0 Å². The minimum Gasteiger partial charge on any atom is -0.468 e. The summed E-state index contributed by atoms with van der Waals surface area (Å²) in [6.07, 6.45) is 4.34. The van der Waals surface area contributed by atoms with E-state index in [-0.39, 0.29) is 11.3 Å². The van der Waals surface area contributed by atoms with E-state index in [2.05, 4.69) is 23.1 Å². The molecule has 0 N–H and O–H groups in total. The fourth-order valence-electron chi connectivity index (χ4n) is 4.41. The van der Waals surface area contributed by atoms with E-state index in [1.807, 2.05) is 23.1 Å². The van der Waals surface area contributed by atoms with Crippen LogP contribution >= 0.6 is 0 Å². The molecule has 1 fully saturated rings. The second-order valence-electron chi connectivity index (χ2n) is 7.37. The lowest BCUT2D eigenvalue weighted by Gasteiger charge is -2.47. The number of carbonyl (C=O) groups excluding carboxylic acids is 1. The summed E-state index contributed by atoms with van der Waals surface area (Å²) in [4.78, 5) is 17.2. The normalized spacial score (nSPS) is 19.7. The van der Waals surface area contributed by atoms with Gasteiger partial charge in [-0.25, -0.2) is 0 Å². The van der Waals surface area contributed by atoms with Crippen LogP contribution in [0.5, 0.6) is 0 Å². The van der Waals surface area contributed by atoms with Gasteiger partial charge in [-0.15, -0.1) is 0 Å². The van der Waals surface area contributed by atoms with Gasteiger partial charge in [0.05, 0.1) is 19.4 Å². The van der Waals surface area contributed by atoms with E-state index in [4.69, 9.17) is 9.15 Å². The summed E-state index contributed by atoms with van der Waals surface area (Å²) in [6.45, 7) is 4.00. The van der Waals surface area contributed by atoms with Crippen molar-refractivity contribution in [1.82, 2.24) is 4.90 Å². The molecular formula is C21H26N2O3. The first kappa shape index (κ1) is 17.3. The van der Waals surface area contributed by atoms with Gasteiger partial charge in [0.25, 0.3) is 0 Å². The Kier molecular flexibility index (Phi) is 4.83. The van der Waals surface area contributed by atoms with Crippen LogP contribution in [-0.2, 0) is 21.5 Å². The molecule has 138 valence electrons. The molecule has 0 radical (unpaired) electrons. The number of likely N-dealkylation sites (tertiary alicyclic amines) is 1. The van der Waals surface area contributed by atoms with Gasteiger partial charge in [-0.1, -0.05) is 18.2 Å². The molecule has 0 saturated carbocycles. The van der Waals surface area contributed by atoms with Crippen molar-refractivity contribution in [2.45, 2.75) is 31.2 Å². The van der Waals surface area contributed by atoms with Gasteiger partial charge in [-0.2, -0.15) is 0 Å². The van der Waals surface area contributed by atoms with Crippen LogP contribution in [0.4, 0.5) is 5.69 Å². The van der Waals surface area contributed by atoms with Crippen LogP contribution in [0.1, 0.15) is 30.6 Å². The van der Waals surface area contributed by atoms with E-state index in [0.717, 1.165) is 43.9 Å². The number of benzene rings is 1. The lowest BCUT2D eigenvalue weighted by Crippen LogP contribution is -2.50. The van der Waals surface area contributed by atoms with Crippen molar-refractivity contribution >= 4 is 11.6 Å². The number of methoxy groups -OCH3 is 1. The predicted molar refractivity (Wildman–Crippen MR) is 100 cm³/mol. The highest BCUT2D eigenvalue weighted by atomic mass is 16.5. The third kappa shape index (κ3) is 3.17. The average molecular weight is 354 g/mol. The molecule has 1 aromatic carbocycles. The number of para-hydroxylation sites is 1. The summed E-state index contributed by atoms with van der Waals surface area (Å²) in [7, 11) is 1.68. The van der Waals surface area contributed by atoms with E-state index in [1.165, 1.54) is 5.56 Å². The lowest BCUT2D eigenvalue weighted by molar-refractivity contribution is -0.121. The second kappa shape index (κ2) is 7.25. The molecule has 1 saturated heterocycles. The van der Waals surface area contributed by atoms with Crippen molar-refractivity contribution in [3.63, 3.8) is 0 Å². The molecule has 0 atom stereocenters. The van der Waals surface area contributed by atoms with E-state index in [1.54, 1.807) is 13.4 Å². The fourth-order valence-corrected chi connectivity index (χ4v) is 4.41. The molecule has 2 aliphatic heterocycles. The largest absolute Gasteiger partial charge is 0.468 e. The Labute approximate surface area is 154 Å². The van der Waals surface area contributed by atoms with Crippen LogP contribution in [0, 0.1) is 0 Å². The predicted octanol–water partition coefficient (Wildman–Crippen LogP) is 3.20. The topological polar surface area (TPSA) is 45.9 Å². The summed E-state index contributed by atoms with van der Waals surface area (Å²) < 4.78 is 10.7. The number of amides is 1. The summed E-state index contributed by atoms with van der Waals surface area (Å²) in [5, 5.41) is 0. The highest BCUT2D eigenvalue weighted by Crippen LogP contribution is 2.47. The molecule has 1 amide bonds. The molecule has 2 aromatic rings. The molecule has 5 heteroatoms. The Morgan fingerprint density at radius 3 is 2.69 bits per heavy atom. The zero-order valence-electron chi connectivity index (χ0n) is 15.3. The van der Waals surface area contributed by atoms with E-state index in [9.17, 15) is 4.79 Å². The SMILES string of the molecule is COCCN1C(=O)CC2(CCN(Cc3ccco3)CC2)c2ccccc21. The molecule has 1 spiro atoms. The Morgan fingerprint density at radius 1 is 1.15 bits per heavy atom. The molecule has 0 bridgehead atoms. The first-order valence-corrected chi connectivity index (χ1v) is 9.35. The molecule has 5 nitrogen and oxygen atoms in total. The van der Waals surface area contributed by atoms with Gasteiger partial charge < -0.3 is 14.1 Å². The monoisotopic (exact) mass is 354 g/mol. The number of piperidine rings is 1. The Hall–Kier alpha value is -2.11. The number of ether oxygens (including phenoxy) is 1. The molecule has 0 unspecified atom stereocenters. The van der Waals surface area contributed by atoms with Gasteiger partial charge in [0.2, 0.25) is 5.91 Å². The number of nitrogens with zero attached hydrogens (tertiary/aromatic N) is 2. The standard InChI is InChI=1S/C21H26N2O3/c1-25-14-12-23-19-7-3-2-6-18(19)21(15-20(23)24)8-10-22(11-9-21)16-17-5-4-13-26-17/h2-7,13H,8-12,14-16H2,1H3. The molecule has 1 aromatic heterocycles. The highest BCUT2D eigenvalue weighted by molar-refractivity contribution is 5.98. The molecule has 3 heterocycles. The van der Waals surface area contributed by atoms with E-state index in [0.29, 0.717) is 19.6 Å². The van der Waals surface area contributed by atoms with Crippen molar-refractivity contribution in [3.8, 4) is 0 Å². The zero-order chi connectivity index (χ0) is 18.0. The number of anilines is 1. The van der Waals surface area contributed by atoms with Gasteiger partial charge in [0.15, 0.2) is 0 Å². The number of carbonyl (C=O) groups is 1. The molecule has 4 rings (SSSR count). The van der Waals surface area contributed by atoms with Crippen molar-refractivity contribution in [2.24, 2.45) is 0 Å². The van der Waals surface area contributed by atoms with Crippen LogP contribution in [0.3, 0.4) is 0 Å². The molecule has 26 heavy (non-hydrogen) atoms. The van der Waals surface area contributed by atoms with Crippen molar-refractivity contribution < 1.29 is 13.9 Å². The van der Waals surface area contributed by atoms with Crippen LogP contribution in [0.25, 0.3) is 0 Å². The third-order valence-corrected chi connectivity index (χ3v) is 5.85. The maximum atomic E-state index is 12.9. The molecule has 2 aliphatic rings. The number of furan rings is 1. The number of fused-ring (bicyclic) bond motifs is 2. The maximum absolute atomic E-state index is 12.9. The van der Waals surface area contributed by atoms with Crippen molar-refractivity contribution in [1.29, 1.82) is 0 Å². The third-order valence-electron chi connectivity index (χ3n) is 5.85. The Balaban J connectivity index is 1.54. The van der Waals surface area contributed by atoms with E-state index >= 15 is 0 Å². The van der Waals surface area contributed by atoms with Gasteiger partial charge >= 0.3 is 0 Å². The van der Waals surface area contributed by atoms with Crippen LogP contribution < -0.4 is 4.90 Å². The van der Waals surface area contributed by atoms with Crippen LogP contribution in [0.15, 0.2) is 47.1 Å². The quantitative estimate of drug-likeness (QED) is 0.827. The summed E-state index contributed by atoms with van der Waals surface area (Å²) in [6, 6.07) is 12.4. The summed E-state index contributed by atoms with van der Waals surface area (Å²) in [5.74, 6) is 1.23. The van der Waals surface area contributed by atoms with Crippen molar-refractivity contribution in [3.05, 3.63) is 54.0 Å². The van der Waals surface area contributed by atoms with Crippen LogP contribution in [-0.4, -0.2) is 44.2 Å². The second-order valence-corrected chi connectivity index (χ2v) is 7.37.